The molecule has 0 atom stereocenters. The molecule has 0 aliphatic heterocycles. The zero-order chi connectivity index (χ0) is 14.4. The van der Waals surface area contributed by atoms with Crippen molar-refractivity contribution in [1.82, 2.24) is 15.1 Å². The van der Waals surface area contributed by atoms with Gasteiger partial charge in [-0.25, -0.2) is 0 Å². The second kappa shape index (κ2) is 7.45. The molecule has 20 heavy (non-hydrogen) atoms. The van der Waals surface area contributed by atoms with Crippen LogP contribution in [-0.4, -0.2) is 16.3 Å². The topological polar surface area (TPSA) is 39.1 Å². The van der Waals surface area contributed by atoms with E-state index in [0.717, 1.165) is 35.4 Å². The minimum Gasteiger partial charge on any atom is -0.488 e. The lowest BCUT2D eigenvalue weighted by Gasteiger charge is -2.09. The number of benzene rings is 1. The fourth-order valence-electron chi connectivity index (χ4n) is 1.86. The van der Waals surface area contributed by atoms with E-state index in [1.54, 1.807) is 0 Å². The van der Waals surface area contributed by atoms with Gasteiger partial charge in [0, 0.05) is 24.8 Å². The van der Waals surface area contributed by atoms with Crippen LogP contribution in [0.15, 0.2) is 35.1 Å². The van der Waals surface area contributed by atoms with Crippen LogP contribution in [0.4, 0.5) is 0 Å². The first-order valence-electron chi connectivity index (χ1n) is 6.86. The monoisotopic (exact) mass is 337 g/mol. The highest BCUT2D eigenvalue weighted by atomic mass is 79.9. The summed E-state index contributed by atoms with van der Waals surface area (Å²) in [4.78, 5) is 0. The second-order valence-corrected chi connectivity index (χ2v) is 5.39. The summed E-state index contributed by atoms with van der Waals surface area (Å²) >= 11 is 3.56. The summed E-state index contributed by atoms with van der Waals surface area (Å²) in [6.45, 7) is 7.42. The number of aryl methyl sites for hydroxylation is 1. The normalized spacial score (nSPS) is 10.8. The largest absolute Gasteiger partial charge is 0.488 e. The maximum atomic E-state index is 5.82. The third kappa shape index (κ3) is 4.08. The highest BCUT2D eigenvalue weighted by molar-refractivity contribution is 9.10. The standard InChI is InChI=1S/C15H20BrN3O/c1-3-17-8-12-5-6-15(14(16)7-12)20-11-13-9-18-19(4-2)10-13/h5-7,9-10,17H,3-4,8,11H2,1-2H3. The Labute approximate surface area is 128 Å². The quantitative estimate of drug-likeness (QED) is 0.841. The number of hydrogen-bond donors (Lipinski definition) is 1. The van der Waals surface area contributed by atoms with Crippen LogP contribution in [0, 0.1) is 0 Å². The number of nitrogens with zero attached hydrogens (tertiary/aromatic N) is 2. The molecular formula is C15H20BrN3O. The predicted octanol–water partition coefficient (Wildman–Crippen LogP) is 3.35. The molecule has 4 nitrogen and oxygen atoms in total. The van der Waals surface area contributed by atoms with Gasteiger partial charge in [-0.3, -0.25) is 4.68 Å². The van der Waals surface area contributed by atoms with Gasteiger partial charge in [0.15, 0.2) is 0 Å². The van der Waals surface area contributed by atoms with Gasteiger partial charge in [0.05, 0.1) is 10.7 Å². The Balaban J connectivity index is 1.95. The molecule has 0 aliphatic rings. The average molecular weight is 338 g/mol. The minimum absolute atomic E-state index is 0.533. The summed E-state index contributed by atoms with van der Waals surface area (Å²) in [6, 6.07) is 6.17. The van der Waals surface area contributed by atoms with E-state index in [0.29, 0.717) is 6.61 Å². The molecular weight excluding hydrogens is 318 g/mol. The van der Waals surface area contributed by atoms with Crippen molar-refractivity contribution in [3.05, 3.63) is 46.2 Å². The third-order valence-electron chi connectivity index (χ3n) is 2.98. The van der Waals surface area contributed by atoms with Gasteiger partial charge in [-0.1, -0.05) is 13.0 Å². The van der Waals surface area contributed by atoms with Crippen LogP contribution >= 0.6 is 15.9 Å². The van der Waals surface area contributed by atoms with Crippen LogP contribution in [0.25, 0.3) is 0 Å². The minimum atomic E-state index is 0.533. The SMILES string of the molecule is CCNCc1ccc(OCc2cnn(CC)c2)c(Br)c1. The second-order valence-electron chi connectivity index (χ2n) is 4.54. The lowest BCUT2D eigenvalue weighted by molar-refractivity contribution is 0.304. The number of nitrogens with one attached hydrogen (secondary N) is 1. The van der Waals surface area contributed by atoms with Crippen LogP contribution in [0.5, 0.6) is 5.75 Å². The van der Waals surface area contributed by atoms with E-state index in [2.05, 4.69) is 52.3 Å². The molecule has 0 fully saturated rings. The van der Waals surface area contributed by atoms with Gasteiger partial charge in [0.25, 0.3) is 0 Å². The Morgan fingerprint density at radius 1 is 1.30 bits per heavy atom. The van der Waals surface area contributed by atoms with E-state index in [4.69, 9.17) is 4.74 Å². The van der Waals surface area contributed by atoms with E-state index in [-0.39, 0.29) is 0 Å². The van der Waals surface area contributed by atoms with Crippen molar-refractivity contribution in [3.8, 4) is 5.75 Å². The zero-order valence-corrected chi connectivity index (χ0v) is 13.5. The highest BCUT2D eigenvalue weighted by Gasteiger charge is 2.04. The maximum Gasteiger partial charge on any atom is 0.134 e. The van der Waals surface area contributed by atoms with Crippen LogP contribution in [0.1, 0.15) is 25.0 Å². The van der Waals surface area contributed by atoms with E-state index in [1.807, 2.05) is 23.1 Å². The van der Waals surface area contributed by atoms with Crippen LogP contribution in [0.3, 0.4) is 0 Å². The predicted molar refractivity (Wildman–Crippen MR) is 83.8 cm³/mol. The Bertz CT molecular complexity index is 554. The van der Waals surface area contributed by atoms with Crippen LogP contribution in [-0.2, 0) is 19.7 Å². The van der Waals surface area contributed by atoms with Crippen molar-refractivity contribution in [3.63, 3.8) is 0 Å². The smallest absolute Gasteiger partial charge is 0.134 e. The molecule has 0 unspecified atom stereocenters. The van der Waals surface area contributed by atoms with Gasteiger partial charge in [-0.2, -0.15) is 5.10 Å². The zero-order valence-electron chi connectivity index (χ0n) is 11.9. The fourth-order valence-corrected chi connectivity index (χ4v) is 2.40. The maximum absolute atomic E-state index is 5.82. The molecule has 0 amide bonds. The average Bonchev–Trinajstić information content (AvgIpc) is 2.92. The molecule has 0 spiro atoms. The Kier molecular flexibility index (Phi) is 5.61. The van der Waals surface area contributed by atoms with Gasteiger partial charge in [-0.15, -0.1) is 0 Å². The van der Waals surface area contributed by atoms with Crippen molar-refractivity contribution in [2.24, 2.45) is 0 Å². The summed E-state index contributed by atoms with van der Waals surface area (Å²) in [5.41, 5.74) is 2.32. The number of halogens is 1. The fraction of sp³-hybridized carbons (Fsp3) is 0.400. The van der Waals surface area contributed by atoms with Crippen molar-refractivity contribution in [1.29, 1.82) is 0 Å². The first kappa shape index (κ1) is 15.1. The molecule has 2 aromatic rings. The van der Waals surface area contributed by atoms with Crippen molar-refractivity contribution in [2.45, 2.75) is 33.5 Å². The first-order valence-corrected chi connectivity index (χ1v) is 7.65. The van der Waals surface area contributed by atoms with E-state index in [1.165, 1.54) is 5.56 Å². The summed E-state index contributed by atoms with van der Waals surface area (Å²) in [5, 5.41) is 7.54. The first-order chi connectivity index (χ1) is 9.72. The number of ether oxygens (including phenoxy) is 1. The van der Waals surface area contributed by atoms with Gasteiger partial charge in [-0.05, 0) is 47.1 Å². The summed E-state index contributed by atoms with van der Waals surface area (Å²) < 4.78 is 8.70. The van der Waals surface area contributed by atoms with Crippen molar-refractivity contribution in [2.75, 3.05) is 6.54 Å². The Hall–Kier alpha value is -1.33. The third-order valence-corrected chi connectivity index (χ3v) is 3.60. The van der Waals surface area contributed by atoms with Crippen LogP contribution in [0.2, 0.25) is 0 Å². The van der Waals surface area contributed by atoms with Gasteiger partial charge in [0.2, 0.25) is 0 Å². The lowest BCUT2D eigenvalue weighted by atomic mass is 10.2. The molecule has 0 aliphatic carbocycles. The summed E-state index contributed by atoms with van der Waals surface area (Å²) in [7, 11) is 0. The number of rotatable bonds is 7. The molecule has 0 saturated heterocycles. The summed E-state index contributed by atoms with van der Waals surface area (Å²) in [6.07, 6.45) is 3.85. The molecule has 1 aromatic heterocycles. The molecule has 1 N–H and O–H groups in total. The van der Waals surface area contributed by atoms with Gasteiger partial charge in [0.1, 0.15) is 12.4 Å². The van der Waals surface area contributed by atoms with Gasteiger partial charge < -0.3 is 10.1 Å². The molecule has 1 heterocycles. The Morgan fingerprint density at radius 2 is 2.15 bits per heavy atom. The highest BCUT2D eigenvalue weighted by Crippen LogP contribution is 2.26. The van der Waals surface area contributed by atoms with E-state index >= 15 is 0 Å². The summed E-state index contributed by atoms with van der Waals surface area (Å²) in [5.74, 6) is 0.856. The van der Waals surface area contributed by atoms with E-state index < -0.39 is 0 Å². The molecule has 0 bridgehead atoms. The van der Waals surface area contributed by atoms with Crippen LogP contribution < -0.4 is 10.1 Å². The molecule has 2 rings (SSSR count). The molecule has 5 heteroatoms. The van der Waals surface area contributed by atoms with Gasteiger partial charge >= 0.3 is 0 Å². The molecule has 1 aromatic carbocycles. The van der Waals surface area contributed by atoms with Crippen molar-refractivity contribution < 1.29 is 4.74 Å². The number of aromatic nitrogens is 2. The lowest BCUT2D eigenvalue weighted by Crippen LogP contribution is -2.11. The Morgan fingerprint density at radius 3 is 2.80 bits per heavy atom. The van der Waals surface area contributed by atoms with Crippen molar-refractivity contribution >= 4 is 15.9 Å². The van der Waals surface area contributed by atoms with E-state index in [9.17, 15) is 0 Å². The molecule has 0 radical (unpaired) electrons. The number of hydrogen-bond acceptors (Lipinski definition) is 3. The molecule has 108 valence electrons. The molecule has 0 saturated carbocycles.